The number of hydrogen-bond donors (Lipinski definition) is 1. The van der Waals surface area contributed by atoms with E-state index in [-0.39, 0.29) is 6.10 Å². The highest BCUT2D eigenvalue weighted by Gasteiger charge is 2.31. The van der Waals surface area contributed by atoms with Gasteiger partial charge >= 0.3 is 0 Å². The molecule has 1 aliphatic heterocycles. The SMILES string of the molecule is CCCNCC1CCOC1c1cccc(Cl)c1Cl. The van der Waals surface area contributed by atoms with Crippen LogP contribution in [0.3, 0.4) is 0 Å². The lowest BCUT2D eigenvalue weighted by Gasteiger charge is -2.20. The zero-order chi connectivity index (χ0) is 13.0. The second-order valence-electron chi connectivity index (χ2n) is 4.69. The fraction of sp³-hybridized carbons (Fsp3) is 0.571. The summed E-state index contributed by atoms with van der Waals surface area (Å²) in [5.74, 6) is 0.479. The molecule has 1 aromatic carbocycles. The van der Waals surface area contributed by atoms with Gasteiger partial charge in [0.1, 0.15) is 0 Å². The van der Waals surface area contributed by atoms with Crippen molar-refractivity contribution in [2.45, 2.75) is 25.9 Å². The van der Waals surface area contributed by atoms with E-state index in [9.17, 15) is 0 Å². The van der Waals surface area contributed by atoms with Gasteiger partial charge in [0.05, 0.1) is 16.1 Å². The first-order chi connectivity index (χ1) is 8.74. The molecule has 0 aromatic heterocycles. The molecule has 0 amide bonds. The Hall–Kier alpha value is -0.280. The van der Waals surface area contributed by atoms with Crippen molar-refractivity contribution in [3.8, 4) is 0 Å². The van der Waals surface area contributed by atoms with Crippen LogP contribution in [0, 0.1) is 5.92 Å². The van der Waals surface area contributed by atoms with Gasteiger partial charge in [0.25, 0.3) is 0 Å². The zero-order valence-electron chi connectivity index (χ0n) is 10.6. The first kappa shape index (κ1) is 14.1. The van der Waals surface area contributed by atoms with Gasteiger partial charge in [-0.3, -0.25) is 0 Å². The molecule has 0 bridgehead atoms. The van der Waals surface area contributed by atoms with Crippen LogP contribution >= 0.6 is 23.2 Å². The third kappa shape index (κ3) is 3.18. The lowest BCUT2D eigenvalue weighted by molar-refractivity contribution is 0.0906. The molecule has 0 radical (unpaired) electrons. The molecule has 1 N–H and O–H groups in total. The summed E-state index contributed by atoms with van der Waals surface area (Å²) in [6, 6.07) is 5.76. The van der Waals surface area contributed by atoms with Gasteiger partial charge in [-0.1, -0.05) is 42.3 Å². The number of hydrogen-bond acceptors (Lipinski definition) is 2. The summed E-state index contributed by atoms with van der Waals surface area (Å²) in [4.78, 5) is 0. The van der Waals surface area contributed by atoms with E-state index < -0.39 is 0 Å². The number of benzene rings is 1. The van der Waals surface area contributed by atoms with E-state index in [0.717, 1.165) is 38.1 Å². The second kappa shape index (κ2) is 6.76. The minimum atomic E-state index is 0.0700. The smallest absolute Gasteiger partial charge is 0.0880 e. The summed E-state index contributed by atoms with van der Waals surface area (Å²) in [6.45, 7) is 4.99. The van der Waals surface area contributed by atoms with E-state index in [1.54, 1.807) is 0 Å². The van der Waals surface area contributed by atoms with Crippen LogP contribution in [0.25, 0.3) is 0 Å². The van der Waals surface area contributed by atoms with Crippen molar-refractivity contribution in [2.24, 2.45) is 5.92 Å². The van der Waals surface area contributed by atoms with Crippen molar-refractivity contribution in [3.05, 3.63) is 33.8 Å². The number of rotatable bonds is 5. The monoisotopic (exact) mass is 287 g/mol. The third-order valence-corrected chi connectivity index (χ3v) is 4.17. The molecular weight excluding hydrogens is 269 g/mol. The van der Waals surface area contributed by atoms with E-state index >= 15 is 0 Å². The molecular formula is C14H19Cl2NO. The van der Waals surface area contributed by atoms with E-state index in [2.05, 4.69) is 12.2 Å². The van der Waals surface area contributed by atoms with E-state index in [1.165, 1.54) is 0 Å². The highest BCUT2D eigenvalue weighted by atomic mass is 35.5. The van der Waals surface area contributed by atoms with Crippen molar-refractivity contribution in [1.29, 1.82) is 0 Å². The topological polar surface area (TPSA) is 21.3 Å². The van der Waals surface area contributed by atoms with Gasteiger partial charge < -0.3 is 10.1 Å². The maximum Gasteiger partial charge on any atom is 0.0880 e. The molecule has 1 saturated heterocycles. The first-order valence-electron chi connectivity index (χ1n) is 6.50. The van der Waals surface area contributed by atoms with E-state index in [1.807, 2.05) is 18.2 Å². The minimum absolute atomic E-state index is 0.0700. The largest absolute Gasteiger partial charge is 0.373 e. The van der Waals surface area contributed by atoms with Gasteiger partial charge in [-0.25, -0.2) is 0 Å². The molecule has 0 aliphatic carbocycles. The molecule has 0 spiro atoms. The third-order valence-electron chi connectivity index (χ3n) is 3.34. The summed E-state index contributed by atoms with van der Waals surface area (Å²) >= 11 is 12.3. The molecule has 1 aliphatic rings. The molecule has 4 heteroatoms. The van der Waals surface area contributed by atoms with Crippen molar-refractivity contribution in [3.63, 3.8) is 0 Å². The Bertz CT molecular complexity index is 397. The molecule has 2 nitrogen and oxygen atoms in total. The quantitative estimate of drug-likeness (QED) is 0.825. The van der Waals surface area contributed by atoms with Gasteiger partial charge in [0.2, 0.25) is 0 Å². The summed E-state index contributed by atoms with van der Waals surface area (Å²) in [5.41, 5.74) is 1.02. The van der Waals surface area contributed by atoms with Crippen molar-refractivity contribution in [2.75, 3.05) is 19.7 Å². The van der Waals surface area contributed by atoms with Crippen LogP contribution in [0.1, 0.15) is 31.4 Å². The van der Waals surface area contributed by atoms with Crippen molar-refractivity contribution < 1.29 is 4.74 Å². The highest BCUT2D eigenvalue weighted by Crippen LogP contribution is 2.39. The molecule has 18 heavy (non-hydrogen) atoms. The lowest BCUT2D eigenvalue weighted by Crippen LogP contribution is -2.25. The lowest BCUT2D eigenvalue weighted by atomic mass is 9.95. The molecule has 2 atom stereocenters. The van der Waals surface area contributed by atoms with Gasteiger partial charge in [-0.2, -0.15) is 0 Å². The fourth-order valence-electron chi connectivity index (χ4n) is 2.39. The van der Waals surface area contributed by atoms with E-state index in [0.29, 0.717) is 16.0 Å². The van der Waals surface area contributed by atoms with Gasteiger partial charge in [0, 0.05) is 24.6 Å². The first-order valence-corrected chi connectivity index (χ1v) is 7.26. The molecule has 2 unspecified atom stereocenters. The molecule has 100 valence electrons. The zero-order valence-corrected chi connectivity index (χ0v) is 12.1. The van der Waals surface area contributed by atoms with Crippen LogP contribution in [0.4, 0.5) is 0 Å². The normalized spacial score (nSPS) is 23.5. The Balaban J connectivity index is 2.08. The average molecular weight is 288 g/mol. The predicted molar refractivity (Wildman–Crippen MR) is 76.4 cm³/mol. The second-order valence-corrected chi connectivity index (χ2v) is 5.47. The van der Waals surface area contributed by atoms with Crippen LogP contribution in [0.2, 0.25) is 10.0 Å². The predicted octanol–water partition coefficient (Wildman–Crippen LogP) is 4.07. The Morgan fingerprint density at radius 2 is 2.22 bits per heavy atom. The molecule has 1 aromatic rings. The summed E-state index contributed by atoms with van der Waals surface area (Å²) < 4.78 is 5.84. The Morgan fingerprint density at radius 3 is 3.00 bits per heavy atom. The standard InChI is InChI=1S/C14H19Cl2NO/c1-2-7-17-9-10-6-8-18-14(10)11-4-3-5-12(15)13(11)16/h3-5,10,14,17H,2,6-9H2,1H3. The Kier molecular flexibility index (Phi) is 5.31. The Labute approximate surface area is 119 Å². The molecule has 1 fully saturated rings. The average Bonchev–Trinajstić information content (AvgIpc) is 2.81. The summed E-state index contributed by atoms with van der Waals surface area (Å²) in [5, 5.41) is 4.69. The molecule has 2 rings (SSSR count). The Morgan fingerprint density at radius 1 is 1.39 bits per heavy atom. The summed E-state index contributed by atoms with van der Waals surface area (Å²) in [7, 11) is 0. The molecule has 0 saturated carbocycles. The molecule has 1 heterocycles. The maximum absolute atomic E-state index is 6.27. The van der Waals surface area contributed by atoms with Crippen LogP contribution in [0.5, 0.6) is 0 Å². The number of halogens is 2. The van der Waals surface area contributed by atoms with Crippen LogP contribution in [0.15, 0.2) is 18.2 Å². The van der Waals surface area contributed by atoms with Gasteiger partial charge in [-0.05, 0) is 25.5 Å². The minimum Gasteiger partial charge on any atom is -0.373 e. The number of ether oxygens (including phenoxy) is 1. The fourth-order valence-corrected chi connectivity index (χ4v) is 2.81. The van der Waals surface area contributed by atoms with Crippen LogP contribution in [-0.4, -0.2) is 19.7 Å². The van der Waals surface area contributed by atoms with Gasteiger partial charge in [0.15, 0.2) is 0 Å². The summed E-state index contributed by atoms with van der Waals surface area (Å²) in [6.07, 6.45) is 2.29. The van der Waals surface area contributed by atoms with Gasteiger partial charge in [-0.15, -0.1) is 0 Å². The maximum atomic E-state index is 6.27. The van der Waals surface area contributed by atoms with Crippen molar-refractivity contribution >= 4 is 23.2 Å². The van der Waals surface area contributed by atoms with Crippen LogP contribution in [-0.2, 0) is 4.74 Å². The van der Waals surface area contributed by atoms with E-state index in [4.69, 9.17) is 27.9 Å². The van der Waals surface area contributed by atoms with Crippen LogP contribution < -0.4 is 5.32 Å². The van der Waals surface area contributed by atoms with Crippen molar-refractivity contribution in [1.82, 2.24) is 5.32 Å². The number of nitrogens with one attached hydrogen (secondary N) is 1. The highest BCUT2D eigenvalue weighted by molar-refractivity contribution is 6.42.